The second-order valence-electron chi connectivity index (χ2n) is 5.34. The van der Waals surface area contributed by atoms with Crippen LogP contribution in [0.25, 0.3) is 0 Å². The summed E-state index contributed by atoms with van der Waals surface area (Å²) in [6, 6.07) is 0.819. The van der Waals surface area contributed by atoms with E-state index < -0.39 is 0 Å². The Morgan fingerprint density at radius 3 is 2.67 bits per heavy atom. The highest BCUT2D eigenvalue weighted by Crippen LogP contribution is 2.38. The zero-order chi connectivity index (χ0) is 10.7. The van der Waals surface area contributed by atoms with E-state index in [2.05, 4.69) is 23.7 Å². The SMILES string of the molecule is CN(CC1(CN)CCCC1)C1CCSC1. The van der Waals surface area contributed by atoms with Gasteiger partial charge in [0.1, 0.15) is 0 Å². The summed E-state index contributed by atoms with van der Waals surface area (Å²) in [4.78, 5) is 2.58. The van der Waals surface area contributed by atoms with Crippen molar-refractivity contribution >= 4 is 11.8 Å². The van der Waals surface area contributed by atoms with Gasteiger partial charge in [0.05, 0.1) is 0 Å². The average molecular weight is 228 g/mol. The highest BCUT2D eigenvalue weighted by atomic mass is 32.2. The Morgan fingerprint density at radius 1 is 1.40 bits per heavy atom. The fourth-order valence-electron chi connectivity index (χ4n) is 3.08. The fourth-order valence-corrected chi connectivity index (χ4v) is 4.38. The molecule has 2 nitrogen and oxygen atoms in total. The van der Waals surface area contributed by atoms with E-state index in [1.165, 1.54) is 50.2 Å². The van der Waals surface area contributed by atoms with Crippen molar-refractivity contribution in [1.29, 1.82) is 0 Å². The molecule has 2 fully saturated rings. The Morgan fingerprint density at radius 2 is 2.13 bits per heavy atom. The minimum Gasteiger partial charge on any atom is -0.330 e. The minimum atomic E-state index is 0.460. The van der Waals surface area contributed by atoms with Crippen molar-refractivity contribution in [1.82, 2.24) is 4.90 Å². The first kappa shape index (κ1) is 11.7. The van der Waals surface area contributed by atoms with E-state index in [0.29, 0.717) is 5.41 Å². The van der Waals surface area contributed by atoms with Gasteiger partial charge in [-0.2, -0.15) is 11.8 Å². The third-order valence-electron chi connectivity index (χ3n) is 4.21. The molecule has 0 aromatic carbocycles. The molecule has 1 atom stereocenters. The van der Waals surface area contributed by atoms with E-state index in [9.17, 15) is 0 Å². The molecule has 0 aromatic heterocycles. The molecular formula is C12H24N2S. The molecule has 2 aliphatic rings. The van der Waals surface area contributed by atoms with Crippen molar-refractivity contribution in [2.45, 2.75) is 38.1 Å². The molecular weight excluding hydrogens is 204 g/mol. The minimum absolute atomic E-state index is 0.460. The maximum Gasteiger partial charge on any atom is 0.0191 e. The summed E-state index contributed by atoms with van der Waals surface area (Å²) >= 11 is 2.10. The molecule has 88 valence electrons. The van der Waals surface area contributed by atoms with Crippen molar-refractivity contribution in [3.63, 3.8) is 0 Å². The lowest BCUT2D eigenvalue weighted by molar-refractivity contribution is 0.152. The van der Waals surface area contributed by atoms with Gasteiger partial charge >= 0.3 is 0 Å². The van der Waals surface area contributed by atoms with Gasteiger partial charge in [-0.25, -0.2) is 0 Å². The topological polar surface area (TPSA) is 29.3 Å². The van der Waals surface area contributed by atoms with Crippen LogP contribution in [0.3, 0.4) is 0 Å². The summed E-state index contributed by atoms with van der Waals surface area (Å²) in [6.07, 6.45) is 6.87. The summed E-state index contributed by atoms with van der Waals surface area (Å²) in [5.74, 6) is 2.68. The van der Waals surface area contributed by atoms with Gasteiger partial charge in [0.15, 0.2) is 0 Å². The largest absolute Gasteiger partial charge is 0.330 e. The van der Waals surface area contributed by atoms with Crippen molar-refractivity contribution in [3.05, 3.63) is 0 Å². The van der Waals surface area contributed by atoms with Gasteiger partial charge in [-0.05, 0) is 44.0 Å². The van der Waals surface area contributed by atoms with Gasteiger partial charge in [0, 0.05) is 18.3 Å². The van der Waals surface area contributed by atoms with E-state index >= 15 is 0 Å². The van der Waals surface area contributed by atoms with Gasteiger partial charge in [0.25, 0.3) is 0 Å². The highest BCUT2D eigenvalue weighted by Gasteiger charge is 2.35. The molecule has 1 heterocycles. The first-order valence-corrected chi connectivity index (χ1v) is 7.39. The summed E-state index contributed by atoms with van der Waals surface area (Å²) in [5.41, 5.74) is 6.44. The van der Waals surface area contributed by atoms with E-state index in [-0.39, 0.29) is 0 Å². The third kappa shape index (κ3) is 2.69. The Labute approximate surface area is 98.0 Å². The number of thioether (sulfide) groups is 1. The van der Waals surface area contributed by atoms with Crippen LogP contribution in [0.4, 0.5) is 0 Å². The second-order valence-corrected chi connectivity index (χ2v) is 6.49. The zero-order valence-corrected chi connectivity index (χ0v) is 10.7. The quantitative estimate of drug-likeness (QED) is 0.797. The molecule has 1 saturated carbocycles. The normalized spacial score (nSPS) is 30.2. The molecule has 15 heavy (non-hydrogen) atoms. The van der Waals surface area contributed by atoms with E-state index in [1.54, 1.807) is 0 Å². The van der Waals surface area contributed by atoms with Crippen molar-refractivity contribution in [2.75, 3.05) is 31.6 Å². The van der Waals surface area contributed by atoms with Gasteiger partial charge in [0.2, 0.25) is 0 Å². The van der Waals surface area contributed by atoms with Gasteiger partial charge in [-0.15, -0.1) is 0 Å². The Hall–Kier alpha value is 0.270. The van der Waals surface area contributed by atoms with Crippen LogP contribution < -0.4 is 5.73 Å². The fraction of sp³-hybridized carbons (Fsp3) is 1.00. The number of hydrogen-bond donors (Lipinski definition) is 1. The summed E-state index contributed by atoms with van der Waals surface area (Å²) in [7, 11) is 2.30. The van der Waals surface area contributed by atoms with Crippen LogP contribution in [-0.4, -0.2) is 42.6 Å². The molecule has 1 aliphatic carbocycles. The van der Waals surface area contributed by atoms with Gasteiger partial charge < -0.3 is 10.6 Å². The summed E-state index contributed by atoms with van der Waals surface area (Å²) in [6.45, 7) is 2.12. The predicted molar refractivity (Wildman–Crippen MR) is 68.3 cm³/mol. The maximum atomic E-state index is 5.98. The molecule has 0 aromatic rings. The van der Waals surface area contributed by atoms with Crippen LogP contribution in [-0.2, 0) is 0 Å². The smallest absolute Gasteiger partial charge is 0.0191 e. The molecule has 1 aliphatic heterocycles. The van der Waals surface area contributed by atoms with Crippen molar-refractivity contribution in [2.24, 2.45) is 11.1 Å². The molecule has 0 amide bonds. The van der Waals surface area contributed by atoms with Gasteiger partial charge in [-0.1, -0.05) is 12.8 Å². The highest BCUT2D eigenvalue weighted by molar-refractivity contribution is 7.99. The zero-order valence-electron chi connectivity index (χ0n) is 9.87. The average Bonchev–Trinajstić information content (AvgIpc) is 2.88. The lowest BCUT2D eigenvalue weighted by Crippen LogP contribution is -2.43. The molecule has 2 N–H and O–H groups in total. The molecule has 3 heteroatoms. The lowest BCUT2D eigenvalue weighted by Gasteiger charge is -2.35. The molecule has 0 bridgehead atoms. The molecule has 2 rings (SSSR count). The van der Waals surface area contributed by atoms with E-state index in [0.717, 1.165) is 12.6 Å². The van der Waals surface area contributed by atoms with E-state index in [1.807, 2.05) is 0 Å². The second kappa shape index (κ2) is 5.07. The first-order chi connectivity index (χ1) is 7.26. The number of rotatable bonds is 4. The Bertz CT molecular complexity index is 196. The lowest BCUT2D eigenvalue weighted by atomic mass is 9.85. The Balaban J connectivity index is 1.88. The number of nitrogens with two attached hydrogens (primary N) is 1. The van der Waals surface area contributed by atoms with Crippen LogP contribution in [0.15, 0.2) is 0 Å². The van der Waals surface area contributed by atoms with Gasteiger partial charge in [-0.3, -0.25) is 0 Å². The van der Waals surface area contributed by atoms with Crippen LogP contribution in [0.2, 0.25) is 0 Å². The standard InChI is InChI=1S/C12H24N2S/c1-14(11-4-7-15-8-11)10-12(9-13)5-2-3-6-12/h11H,2-10,13H2,1H3. The molecule has 0 spiro atoms. The van der Waals surface area contributed by atoms with Crippen LogP contribution in [0, 0.1) is 5.41 Å². The number of nitrogens with zero attached hydrogens (tertiary/aromatic N) is 1. The first-order valence-electron chi connectivity index (χ1n) is 6.24. The predicted octanol–water partition coefficient (Wildman–Crippen LogP) is 1.94. The summed E-state index contributed by atoms with van der Waals surface area (Å²) < 4.78 is 0. The molecule has 1 unspecified atom stereocenters. The summed E-state index contributed by atoms with van der Waals surface area (Å²) in [5, 5.41) is 0. The molecule has 1 saturated heterocycles. The number of hydrogen-bond acceptors (Lipinski definition) is 3. The molecule has 0 radical (unpaired) electrons. The van der Waals surface area contributed by atoms with Crippen LogP contribution >= 0.6 is 11.8 Å². The van der Waals surface area contributed by atoms with Crippen molar-refractivity contribution < 1.29 is 0 Å². The van der Waals surface area contributed by atoms with E-state index in [4.69, 9.17) is 5.73 Å². The van der Waals surface area contributed by atoms with Crippen LogP contribution in [0.5, 0.6) is 0 Å². The van der Waals surface area contributed by atoms with Crippen LogP contribution in [0.1, 0.15) is 32.1 Å². The maximum absolute atomic E-state index is 5.98. The third-order valence-corrected chi connectivity index (χ3v) is 5.36. The Kier molecular flexibility index (Phi) is 3.97. The van der Waals surface area contributed by atoms with Crippen molar-refractivity contribution in [3.8, 4) is 0 Å². The monoisotopic (exact) mass is 228 g/mol.